The summed E-state index contributed by atoms with van der Waals surface area (Å²) in [7, 11) is 0. The van der Waals surface area contributed by atoms with Crippen LogP contribution in [0.25, 0.3) is 0 Å². The van der Waals surface area contributed by atoms with Crippen LogP contribution in [0.3, 0.4) is 0 Å². The monoisotopic (exact) mass is 334 g/mol. The largest absolute Gasteiger partial charge is 0.483 e. The summed E-state index contributed by atoms with van der Waals surface area (Å²) in [5, 5.41) is 8.49. The molecule has 4 heteroatoms. The second-order valence-electron chi connectivity index (χ2n) is 3.50. The number of carboxylic acids is 1. The molecule has 0 heterocycles. The van der Waals surface area contributed by atoms with Crippen molar-refractivity contribution >= 4 is 28.6 Å². The van der Waals surface area contributed by atoms with E-state index in [1.54, 1.807) is 0 Å². The lowest BCUT2D eigenvalue weighted by Crippen LogP contribution is -1.95. The third kappa shape index (κ3) is 5.34. The summed E-state index contributed by atoms with van der Waals surface area (Å²) in [5.74, 6) is 0.162. The van der Waals surface area contributed by atoms with E-state index < -0.39 is 5.97 Å². The summed E-state index contributed by atoms with van der Waals surface area (Å²) in [6, 6.07) is 7.96. The van der Waals surface area contributed by atoms with Crippen LogP contribution in [0.5, 0.6) is 5.75 Å². The number of alkyl halides is 1. The van der Waals surface area contributed by atoms with Crippen LogP contribution in [0.4, 0.5) is 0 Å². The highest BCUT2D eigenvalue weighted by Crippen LogP contribution is 2.14. The van der Waals surface area contributed by atoms with E-state index in [4.69, 9.17) is 9.84 Å². The van der Waals surface area contributed by atoms with Gasteiger partial charge in [0.15, 0.2) is 0 Å². The molecule has 0 atom stereocenters. The number of rotatable bonds is 7. The predicted molar refractivity (Wildman–Crippen MR) is 71.1 cm³/mol. The first-order valence-electron chi connectivity index (χ1n) is 5.22. The number of hydrogen-bond donors (Lipinski definition) is 1. The zero-order valence-electron chi connectivity index (χ0n) is 8.99. The fraction of sp³-hybridized carbons (Fsp3) is 0.417. The van der Waals surface area contributed by atoms with Gasteiger partial charge in [-0.1, -0.05) is 12.1 Å². The number of carboxylic acid groups (broad SMARTS) is 1. The summed E-state index contributed by atoms with van der Waals surface area (Å²) in [6.07, 6.45) is 2.84. The van der Waals surface area contributed by atoms with Crippen LogP contribution in [0.1, 0.15) is 24.8 Å². The second kappa shape index (κ2) is 7.49. The molecule has 1 N–H and O–H groups in total. The van der Waals surface area contributed by atoms with Gasteiger partial charge in [-0.15, -0.1) is 0 Å². The fourth-order valence-corrected chi connectivity index (χ4v) is 1.78. The molecule has 1 aromatic carbocycles. The summed E-state index contributed by atoms with van der Waals surface area (Å²) < 4.78 is 5.98. The third-order valence-corrected chi connectivity index (χ3v) is 2.56. The quantitative estimate of drug-likeness (QED) is 0.473. The molecular formula is C12H15IO3. The predicted octanol–water partition coefficient (Wildman–Crippen LogP) is 3.26. The first-order valence-corrected chi connectivity index (χ1v) is 6.74. The zero-order valence-corrected chi connectivity index (χ0v) is 11.1. The third-order valence-electron chi connectivity index (χ3n) is 2.25. The molecule has 3 nitrogen and oxygen atoms in total. The van der Waals surface area contributed by atoms with E-state index in [0.29, 0.717) is 4.61 Å². The minimum absolute atomic E-state index is 0.260. The van der Waals surface area contributed by atoms with Crippen molar-refractivity contribution < 1.29 is 14.6 Å². The Morgan fingerprint density at radius 3 is 2.50 bits per heavy atom. The van der Waals surface area contributed by atoms with Gasteiger partial charge in [-0.3, -0.25) is 4.79 Å². The zero-order chi connectivity index (χ0) is 11.8. The molecular weight excluding hydrogens is 319 g/mol. The van der Waals surface area contributed by atoms with Gasteiger partial charge >= 0.3 is 5.97 Å². The number of halogens is 1. The number of ether oxygens (including phenoxy) is 1. The number of aryl methyl sites for hydroxylation is 1. The van der Waals surface area contributed by atoms with Crippen molar-refractivity contribution in [3.8, 4) is 5.75 Å². The Balaban J connectivity index is 2.29. The van der Waals surface area contributed by atoms with Crippen LogP contribution < -0.4 is 4.74 Å². The fourth-order valence-electron chi connectivity index (χ4n) is 1.42. The van der Waals surface area contributed by atoms with Crippen molar-refractivity contribution in [1.29, 1.82) is 0 Å². The molecule has 0 aromatic heterocycles. The Labute approximate surface area is 109 Å². The van der Waals surface area contributed by atoms with Crippen LogP contribution in [-0.2, 0) is 11.2 Å². The van der Waals surface area contributed by atoms with Crippen LogP contribution in [-0.4, -0.2) is 15.7 Å². The van der Waals surface area contributed by atoms with Crippen molar-refractivity contribution in [1.82, 2.24) is 0 Å². The van der Waals surface area contributed by atoms with E-state index in [9.17, 15) is 4.79 Å². The van der Waals surface area contributed by atoms with Gasteiger partial charge < -0.3 is 9.84 Å². The van der Waals surface area contributed by atoms with Gasteiger partial charge in [-0.2, -0.15) is 0 Å². The molecule has 0 unspecified atom stereocenters. The number of hydrogen-bond acceptors (Lipinski definition) is 2. The minimum atomic E-state index is -0.717. The Hall–Kier alpha value is -0.780. The summed E-state index contributed by atoms with van der Waals surface area (Å²) in [4.78, 5) is 10.3. The summed E-state index contributed by atoms with van der Waals surface area (Å²) in [6.45, 7) is 0. The van der Waals surface area contributed by atoms with Crippen LogP contribution >= 0.6 is 22.6 Å². The van der Waals surface area contributed by atoms with Crippen LogP contribution in [0.2, 0.25) is 0 Å². The van der Waals surface area contributed by atoms with Crippen molar-refractivity contribution in [3.05, 3.63) is 29.8 Å². The maximum Gasteiger partial charge on any atom is 0.303 e. The Kier molecular flexibility index (Phi) is 6.22. The lowest BCUT2D eigenvalue weighted by atomic mass is 10.1. The molecule has 0 aliphatic carbocycles. The van der Waals surface area contributed by atoms with Gasteiger partial charge in [-0.05, 0) is 59.5 Å². The van der Waals surface area contributed by atoms with E-state index in [-0.39, 0.29) is 6.42 Å². The minimum Gasteiger partial charge on any atom is -0.483 e. The highest BCUT2D eigenvalue weighted by molar-refractivity contribution is 14.1. The van der Waals surface area contributed by atoms with Crippen LogP contribution in [0, 0.1) is 0 Å². The normalized spacial score (nSPS) is 10.1. The Morgan fingerprint density at radius 1 is 1.25 bits per heavy atom. The van der Waals surface area contributed by atoms with E-state index >= 15 is 0 Å². The number of carbonyl (C=O) groups is 1. The molecule has 0 spiro atoms. The van der Waals surface area contributed by atoms with E-state index in [1.165, 1.54) is 5.56 Å². The molecule has 88 valence electrons. The first-order chi connectivity index (χ1) is 7.72. The van der Waals surface area contributed by atoms with Gasteiger partial charge in [0, 0.05) is 6.42 Å². The lowest BCUT2D eigenvalue weighted by Gasteiger charge is -2.04. The standard InChI is InChI=1S/C12H15IO3/c13-9-16-11-7-5-10(6-8-11)3-1-2-4-12(14)15/h5-8H,1-4,9H2,(H,14,15). The molecule has 16 heavy (non-hydrogen) atoms. The van der Waals surface area contributed by atoms with Crippen molar-refractivity contribution in [2.24, 2.45) is 0 Å². The number of unbranched alkanes of at least 4 members (excludes halogenated alkanes) is 1. The van der Waals surface area contributed by atoms with Gasteiger partial charge in [-0.25, -0.2) is 0 Å². The molecule has 0 aliphatic rings. The lowest BCUT2D eigenvalue weighted by molar-refractivity contribution is -0.137. The average molecular weight is 334 g/mol. The van der Waals surface area contributed by atoms with E-state index in [1.807, 2.05) is 24.3 Å². The van der Waals surface area contributed by atoms with Crippen LogP contribution in [0.15, 0.2) is 24.3 Å². The van der Waals surface area contributed by atoms with Gasteiger partial charge in [0.05, 0.1) is 0 Å². The maximum atomic E-state index is 10.3. The molecule has 0 saturated carbocycles. The Bertz CT molecular complexity index is 322. The molecule has 0 fully saturated rings. The topological polar surface area (TPSA) is 46.5 Å². The first kappa shape index (κ1) is 13.3. The SMILES string of the molecule is O=C(O)CCCCc1ccc(OCI)cc1. The van der Waals surface area contributed by atoms with Crippen molar-refractivity contribution in [3.63, 3.8) is 0 Å². The van der Waals surface area contributed by atoms with Crippen molar-refractivity contribution in [2.45, 2.75) is 25.7 Å². The second-order valence-corrected chi connectivity index (χ2v) is 4.12. The molecule has 1 aromatic rings. The van der Waals surface area contributed by atoms with Gasteiger partial charge in [0.25, 0.3) is 0 Å². The molecule has 0 aliphatic heterocycles. The number of benzene rings is 1. The van der Waals surface area contributed by atoms with E-state index in [2.05, 4.69) is 22.6 Å². The molecule has 0 amide bonds. The Morgan fingerprint density at radius 2 is 1.94 bits per heavy atom. The van der Waals surface area contributed by atoms with Crippen molar-refractivity contribution in [2.75, 3.05) is 4.61 Å². The smallest absolute Gasteiger partial charge is 0.303 e. The summed E-state index contributed by atoms with van der Waals surface area (Å²) in [5.41, 5.74) is 1.23. The highest BCUT2D eigenvalue weighted by Gasteiger charge is 1.98. The maximum absolute atomic E-state index is 10.3. The molecule has 0 saturated heterocycles. The average Bonchev–Trinajstić information content (AvgIpc) is 2.27. The van der Waals surface area contributed by atoms with Gasteiger partial charge in [0.1, 0.15) is 10.4 Å². The molecule has 0 radical (unpaired) electrons. The highest BCUT2D eigenvalue weighted by atomic mass is 127. The number of aliphatic carboxylic acids is 1. The van der Waals surface area contributed by atoms with E-state index in [0.717, 1.165) is 25.0 Å². The molecule has 0 bridgehead atoms. The summed E-state index contributed by atoms with van der Waals surface area (Å²) >= 11 is 2.16. The molecule has 1 rings (SSSR count). The van der Waals surface area contributed by atoms with Gasteiger partial charge in [0.2, 0.25) is 0 Å².